The van der Waals surface area contributed by atoms with Crippen LogP contribution in [0.2, 0.25) is 0 Å². The van der Waals surface area contributed by atoms with Gasteiger partial charge in [-0.05, 0) is 41.3 Å². The fourth-order valence-corrected chi connectivity index (χ4v) is 2.57. The molecular formula is C17H17N. The monoisotopic (exact) mass is 235 g/mol. The summed E-state index contributed by atoms with van der Waals surface area (Å²) < 4.78 is 0. The van der Waals surface area contributed by atoms with E-state index in [1.165, 1.54) is 34.6 Å². The van der Waals surface area contributed by atoms with E-state index >= 15 is 0 Å². The summed E-state index contributed by atoms with van der Waals surface area (Å²) in [6, 6.07) is 15.0. The van der Waals surface area contributed by atoms with E-state index in [0.29, 0.717) is 0 Å². The molecular weight excluding hydrogens is 218 g/mol. The fourth-order valence-electron chi connectivity index (χ4n) is 2.57. The van der Waals surface area contributed by atoms with Crippen LogP contribution in [0, 0.1) is 0 Å². The molecule has 0 atom stereocenters. The second kappa shape index (κ2) is 4.77. The molecule has 0 aliphatic carbocycles. The van der Waals surface area contributed by atoms with E-state index in [0.717, 1.165) is 11.9 Å². The van der Waals surface area contributed by atoms with Crippen LogP contribution in [0.5, 0.6) is 0 Å². The Morgan fingerprint density at radius 1 is 1.00 bits per heavy atom. The number of rotatable bonds is 3. The number of fused-ring (bicyclic) bond motifs is 3. The zero-order valence-corrected chi connectivity index (χ0v) is 10.7. The lowest BCUT2D eigenvalue weighted by Crippen LogP contribution is -1.90. The highest BCUT2D eigenvalue weighted by Crippen LogP contribution is 2.27. The zero-order chi connectivity index (χ0) is 12.4. The normalized spacial score (nSPS) is 11.2. The van der Waals surface area contributed by atoms with Crippen molar-refractivity contribution in [2.45, 2.75) is 26.2 Å². The number of hydrogen-bond donors (Lipinski definition) is 0. The van der Waals surface area contributed by atoms with Gasteiger partial charge in [-0.1, -0.05) is 43.7 Å². The van der Waals surface area contributed by atoms with Gasteiger partial charge in [0, 0.05) is 11.6 Å². The van der Waals surface area contributed by atoms with E-state index < -0.39 is 0 Å². The third kappa shape index (κ3) is 1.86. The van der Waals surface area contributed by atoms with Crippen LogP contribution in [-0.2, 0) is 6.42 Å². The van der Waals surface area contributed by atoms with E-state index in [9.17, 15) is 0 Å². The molecule has 0 saturated carbocycles. The van der Waals surface area contributed by atoms with Crippen LogP contribution in [0.4, 0.5) is 0 Å². The quantitative estimate of drug-likeness (QED) is 0.598. The van der Waals surface area contributed by atoms with E-state index in [2.05, 4.69) is 54.4 Å². The van der Waals surface area contributed by atoms with Gasteiger partial charge in [-0.3, -0.25) is 4.98 Å². The summed E-state index contributed by atoms with van der Waals surface area (Å²) in [6.07, 6.45) is 5.54. The molecule has 1 heterocycles. The zero-order valence-electron chi connectivity index (χ0n) is 10.7. The second-order valence-electron chi connectivity index (χ2n) is 4.75. The Balaban J connectivity index is 2.32. The Labute approximate surface area is 107 Å². The third-order valence-electron chi connectivity index (χ3n) is 3.52. The summed E-state index contributed by atoms with van der Waals surface area (Å²) >= 11 is 0. The van der Waals surface area contributed by atoms with Crippen LogP contribution in [0.25, 0.3) is 21.7 Å². The first-order valence-electron chi connectivity index (χ1n) is 6.65. The highest BCUT2D eigenvalue weighted by Gasteiger charge is 2.05. The molecule has 3 rings (SSSR count). The molecule has 0 amide bonds. The number of hydrogen-bond acceptors (Lipinski definition) is 1. The van der Waals surface area contributed by atoms with Crippen LogP contribution < -0.4 is 0 Å². The third-order valence-corrected chi connectivity index (χ3v) is 3.52. The Kier molecular flexibility index (Phi) is 2.97. The molecule has 0 radical (unpaired) electrons. The summed E-state index contributed by atoms with van der Waals surface area (Å²) in [5, 5.41) is 3.97. The van der Waals surface area contributed by atoms with Gasteiger partial charge in [0.2, 0.25) is 0 Å². The Morgan fingerprint density at radius 3 is 2.78 bits per heavy atom. The van der Waals surface area contributed by atoms with Crippen molar-refractivity contribution in [2.75, 3.05) is 0 Å². The van der Waals surface area contributed by atoms with Crippen molar-refractivity contribution in [3.05, 3.63) is 54.2 Å². The molecule has 0 aliphatic heterocycles. The molecule has 1 heteroatoms. The minimum Gasteiger partial charge on any atom is -0.256 e. The summed E-state index contributed by atoms with van der Waals surface area (Å²) in [6.45, 7) is 2.24. The molecule has 0 aliphatic rings. The first-order chi connectivity index (χ1) is 8.90. The lowest BCUT2D eigenvalue weighted by molar-refractivity contribution is 0.798. The standard InChI is InChI=1S/C17H17N/c1-2-3-6-14-11-12-18-16-10-9-13-7-4-5-8-15(13)17(14)16/h4-5,7-12H,2-3,6H2,1H3. The number of benzene rings is 2. The topological polar surface area (TPSA) is 12.9 Å². The molecule has 90 valence electrons. The van der Waals surface area contributed by atoms with E-state index in [1.807, 2.05) is 6.20 Å². The van der Waals surface area contributed by atoms with E-state index in [4.69, 9.17) is 0 Å². The van der Waals surface area contributed by atoms with Crippen molar-refractivity contribution in [2.24, 2.45) is 0 Å². The predicted molar refractivity (Wildman–Crippen MR) is 77.9 cm³/mol. The van der Waals surface area contributed by atoms with Gasteiger partial charge in [0.15, 0.2) is 0 Å². The first-order valence-corrected chi connectivity index (χ1v) is 6.65. The molecule has 0 bridgehead atoms. The number of aryl methyl sites for hydroxylation is 1. The van der Waals surface area contributed by atoms with Crippen LogP contribution in [-0.4, -0.2) is 4.98 Å². The van der Waals surface area contributed by atoms with E-state index in [1.54, 1.807) is 0 Å². The highest BCUT2D eigenvalue weighted by molar-refractivity contribution is 6.07. The van der Waals surface area contributed by atoms with Crippen molar-refractivity contribution >= 4 is 21.7 Å². The maximum atomic E-state index is 4.50. The Morgan fingerprint density at radius 2 is 1.89 bits per heavy atom. The molecule has 0 N–H and O–H groups in total. The molecule has 0 unspecified atom stereocenters. The van der Waals surface area contributed by atoms with Crippen molar-refractivity contribution in [3.8, 4) is 0 Å². The Hall–Kier alpha value is -1.89. The van der Waals surface area contributed by atoms with Gasteiger partial charge < -0.3 is 0 Å². The van der Waals surface area contributed by atoms with E-state index in [-0.39, 0.29) is 0 Å². The van der Waals surface area contributed by atoms with Gasteiger partial charge in [0.25, 0.3) is 0 Å². The van der Waals surface area contributed by atoms with Gasteiger partial charge in [0.1, 0.15) is 0 Å². The molecule has 0 spiro atoms. The summed E-state index contributed by atoms with van der Waals surface area (Å²) in [5.74, 6) is 0. The number of unbranched alkanes of at least 4 members (excludes halogenated alkanes) is 1. The second-order valence-corrected chi connectivity index (χ2v) is 4.75. The molecule has 3 aromatic rings. The number of pyridine rings is 1. The lowest BCUT2D eigenvalue weighted by Gasteiger charge is -2.08. The van der Waals surface area contributed by atoms with Gasteiger partial charge in [-0.2, -0.15) is 0 Å². The molecule has 0 fully saturated rings. The summed E-state index contributed by atoms with van der Waals surface area (Å²) in [5.41, 5.74) is 2.54. The van der Waals surface area contributed by atoms with Crippen molar-refractivity contribution in [1.29, 1.82) is 0 Å². The highest BCUT2D eigenvalue weighted by atomic mass is 14.6. The van der Waals surface area contributed by atoms with Crippen molar-refractivity contribution in [1.82, 2.24) is 4.98 Å². The van der Waals surface area contributed by atoms with Crippen molar-refractivity contribution in [3.63, 3.8) is 0 Å². The average molecular weight is 235 g/mol. The van der Waals surface area contributed by atoms with Crippen LogP contribution in [0.3, 0.4) is 0 Å². The predicted octanol–water partition coefficient (Wildman–Crippen LogP) is 4.73. The molecule has 1 aromatic heterocycles. The lowest BCUT2D eigenvalue weighted by atomic mass is 9.98. The van der Waals surface area contributed by atoms with Gasteiger partial charge >= 0.3 is 0 Å². The Bertz CT molecular complexity index is 685. The molecule has 2 aromatic carbocycles. The number of nitrogens with zero attached hydrogens (tertiary/aromatic N) is 1. The smallest absolute Gasteiger partial charge is 0.0711 e. The van der Waals surface area contributed by atoms with Gasteiger partial charge in [0.05, 0.1) is 5.52 Å². The molecule has 18 heavy (non-hydrogen) atoms. The maximum absolute atomic E-state index is 4.50. The van der Waals surface area contributed by atoms with Gasteiger partial charge in [-0.25, -0.2) is 0 Å². The first kappa shape index (κ1) is 11.2. The SMILES string of the molecule is CCCCc1ccnc2ccc3ccccc3c12. The molecule has 1 nitrogen and oxygen atoms in total. The van der Waals surface area contributed by atoms with Crippen LogP contribution in [0.1, 0.15) is 25.3 Å². The van der Waals surface area contributed by atoms with Gasteiger partial charge in [-0.15, -0.1) is 0 Å². The average Bonchev–Trinajstić information content (AvgIpc) is 2.44. The largest absolute Gasteiger partial charge is 0.256 e. The van der Waals surface area contributed by atoms with Crippen molar-refractivity contribution < 1.29 is 0 Å². The fraction of sp³-hybridized carbons (Fsp3) is 0.235. The maximum Gasteiger partial charge on any atom is 0.0711 e. The van der Waals surface area contributed by atoms with Crippen LogP contribution >= 0.6 is 0 Å². The molecule has 0 saturated heterocycles. The number of aromatic nitrogens is 1. The summed E-state index contributed by atoms with van der Waals surface area (Å²) in [7, 11) is 0. The minimum absolute atomic E-state index is 1.11. The minimum atomic E-state index is 1.11. The van der Waals surface area contributed by atoms with Crippen LogP contribution in [0.15, 0.2) is 48.7 Å². The summed E-state index contributed by atoms with van der Waals surface area (Å²) in [4.78, 5) is 4.50.